The Hall–Kier alpha value is -1.65. The summed E-state index contributed by atoms with van der Waals surface area (Å²) >= 11 is 6.28. The average molecular weight is 384 g/mol. The van der Waals surface area contributed by atoms with E-state index in [1.165, 1.54) is 38.8 Å². The molecule has 1 aromatic carbocycles. The summed E-state index contributed by atoms with van der Waals surface area (Å²) < 4.78 is 0. The summed E-state index contributed by atoms with van der Waals surface area (Å²) in [5.74, 6) is 0.985. The van der Waals surface area contributed by atoms with E-state index in [1.54, 1.807) is 0 Å². The van der Waals surface area contributed by atoms with Gasteiger partial charge in [0, 0.05) is 37.0 Å². The molecule has 3 fully saturated rings. The molecule has 2 aliphatic heterocycles. The third-order valence-corrected chi connectivity index (χ3v) is 6.87. The number of carbonyl (C=O) groups is 1. The molecule has 0 bridgehead atoms. The normalized spacial score (nSPS) is 26.2. The molecule has 5 rings (SSSR count). The predicted octanol–water partition coefficient (Wildman–Crippen LogP) is 4.23. The number of carbonyl (C=O) groups excluding carboxylic acids is 1. The van der Waals surface area contributed by atoms with E-state index in [2.05, 4.69) is 9.88 Å². The van der Waals surface area contributed by atoms with Crippen LogP contribution in [0.2, 0.25) is 5.02 Å². The first-order valence-electron chi connectivity index (χ1n) is 10.2. The maximum absolute atomic E-state index is 13.1. The molecule has 1 aliphatic carbocycles. The van der Waals surface area contributed by atoms with Crippen LogP contribution in [-0.2, 0) is 0 Å². The van der Waals surface area contributed by atoms with E-state index in [1.807, 2.05) is 35.2 Å². The Morgan fingerprint density at radius 1 is 1.15 bits per heavy atom. The summed E-state index contributed by atoms with van der Waals surface area (Å²) in [6.07, 6.45) is 6.44. The molecule has 1 unspecified atom stereocenters. The minimum atomic E-state index is 0.0491. The molecule has 0 N–H and O–H groups in total. The molecule has 142 valence electrons. The van der Waals surface area contributed by atoms with Crippen LogP contribution in [0.25, 0.3) is 10.9 Å². The molecule has 4 nitrogen and oxygen atoms in total. The highest BCUT2D eigenvalue weighted by atomic mass is 35.5. The molecule has 2 saturated heterocycles. The number of nitrogens with zero attached hydrogens (tertiary/aromatic N) is 3. The molecule has 0 radical (unpaired) electrons. The van der Waals surface area contributed by atoms with Gasteiger partial charge in [0.15, 0.2) is 0 Å². The van der Waals surface area contributed by atoms with Crippen molar-refractivity contribution >= 4 is 28.4 Å². The lowest BCUT2D eigenvalue weighted by atomic mass is 9.79. The van der Waals surface area contributed by atoms with Crippen molar-refractivity contribution in [3.8, 4) is 0 Å². The minimum Gasteiger partial charge on any atom is -0.337 e. The van der Waals surface area contributed by atoms with Gasteiger partial charge in [-0.3, -0.25) is 4.79 Å². The van der Waals surface area contributed by atoms with Gasteiger partial charge in [0.2, 0.25) is 0 Å². The molecule has 3 aliphatic rings. The van der Waals surface area contributed by atoms with Crippen LogP contribution in [0.5, 0.6) is 0 Å². The Kier molecular flexibility index (Phi) is 4.36. The smallest absolute Gasteiger partial charge is 0.272 e. The maximum atomic E-state index is 13.1. The number of amides is 1. The molecule has 1 atom stereocenters. The Bertz CT molecular complexity index is 881. The predicted molar refractivity (Wildman–Crippen MR) is 108 cm³/mol. The van der Waals surface area contributed by atoms with Crippen molar-refractivity contribution in [3.05, 3.63) is 41.0 Å². The minimum absolute atomic E-state index is 0.0491. The highest BCUT2D eigenvalue weighted by Crippen LogP contribution is 2.41. The van der Waals surface area contributed by atoms with Crippen LogP contribution in [0.1, 0.15) is 42.6 Å². The highest BCUT2D eigenvalue weighted by molar-refractivity contribution is 6.35. The number of para-hydroxylation sites is 1. The number of halogens is 1. The van der Waals surface area contributed by atoms with Crippen molar-refractivity contribution in [1.29, 1.82) is 0 Å². The first-order chi connectivity index (χ1) is 13.1. The molecule has 2 aromatic rings. The number of fused-ring (bicyclic) bond motifs is 1. The topological polar surface area (TPSA) is 36.4 Å². The molecule has 27 heavy (non-hydrogen) atoms. The number of hydrogen-bond acceptors (Lipinski definition) is 3. The lowest BCUT2D eigenvalue weighted by Gasteiger charge is -2.40. The van der Waals surface area contributed by atoms with E-state index in [0.29, 0.717) is 16.2 Å². The van der Waals surface area contributed by atoms with Gasteiger partial charge in [-0.25, -0.2) is 4.98 Å². The second-order valence-corrected chi connectivity index (χ2v) is 9.17. The molecule has 1 saturated carbocycles. The fraction of sp³-hybridized carbons (Fsp3) is 0.545. The van der Waals surface area contributed by atoms with Crippen molar-refractivity contribution in [2.45, 2.75) is 32.1 Å². The fourth-order valence-corrected chi connectivity index (χ4v) is 5.19. The number of likely N-dealkylation sites (tertiary alicyclic amines) is 2. The SMILES string of the molecule is O=C(c1ccc2cccc(Cl)c2n1)N1CCC2(CCCN(CC3CC3)C2)C1. The van der Waals surface area contributed by atoms with Crippen molar-refractivity contribution < 1.29 is 4.79 Å². The summed E-state index contributed by atoms with van der Waals surface area (Å²) in [5, 5.41) is 1.57. The molecular weight excluding hydrogens is 358 g/mol. The molecule has 1 aromatic heterocycles. The molecule has 1 spiro atoms. The Morgan fingerprint density at radius 2 is 2.04 bits per heavy atom. The average Bonchev–Trinajstić information content (AvgIpc) is 3.40. The van der Waals surface area contributed by atoms with Gasteiger partial charge in [0.1, 0.15) is 5.69 Å². The van der Waals surface area contributed by atoms with Crippen molar-refractivity contribution in [2.24, 2.45) is 11.3 Å². The van der Waals surface area contributed by atoms with Gasteiger partial charge in [-0.2, -0.15) is 0 Å². The standard InChI is InChI=1S/C22H26ClN3O/c23-18-4-1-3-17-7-8-19(24-20(17)18)21(27)26-12-10-22(15-26)9-2-11-25(14-22)13-16-5-6-16/h1,3-4,7-8,16H,2,5-6,9-15H2. The Balaban J connectivity index is 1.32. The second-order valence-electron chi connectivity index (χ2n) is 8.77. The van der Waals surface area contributed by atoms with Crippen LogP contribution >= 0.6 is 11.6 Å². The van der Waals surface area contributed by atoms with Gasteiger partial charge >= 0.3 is 0 Å². The van der Waals surface area contributed by atoms with Crippen LogP contribution in [0.3, 0.4) is 0 Å². The zero-order valence-electron chi connectivity index (χ0n) is 15.7. The largest absolute Gasteiger partial charge is 0.337 e. The van der Waals surface area contributed by atoms with Crippen LogP contribution < -0.4 is 0 Å². The summed E-state index contributed by atoms with van der Waals surface area (Å²) in [6, 6.07) is 9.50. The number of benzene rings is 1. The van der Waals surface area contributed by atoms with Gasteiger partial charge in [0.05, 0.1) is 10.5 Å². The summed E-state index contributed by atoms with van der Waals surface area (Å²) in [5.41, 5.74) is 1.52. The lowest BCUT2D eigenvalue weighted by Crippen LogP contribution is -2.46. The van der Waals surface area contributed by atoms with Crippen LogP contribution in [0.15, 0.2) is 30.3 Å². The zero-order chi connectivity index (χ0) is 18.4. The Labute approximate surface area is 165 Å². The number of rotatable bonds is 3. The van der Waals surface area contributed by atoms with Crippen molar-refractivity contribution in [2.75, 3.05) is 32.7 Å². The number of hydrogen-bond donors (Lipinski definition) is 0. The van der Waals surface area contributed by atoms with E-state index in [9.17, 15) is 4.79 Å². The van der Waals surface area contributed by atoms with Gasteiger partial charge in [-0.15, -0.1) is 0 Å². The lowest BCUT2D eigenvalue weighted by molar-refractivity contribution is 0.0677. The van der Waals surface area contributed by atoms with E-state index >= 15 is 0 Å². The van der Waals surface area contributed by atoms with Crippen LogP contribution in [-0.4, -0.2) is 53.4 Å². The van der Waals surface area contributed by atoms with Crippen LogP contribution in [0, 0.1) is 11.3 Å². The summed E-state index contributed by atoms with van der Waals surface area (Å²) in [4.78, 5) is 22.4. The molecule has 5 heteroatoms. The third kappa shape index (κ3) is 3.45. The molecular formula is C22H26ClN3O. The zero-order valence-corrected chi connectivity index (χ0v) is 16.4. The number of piperidine rings is 1. The summed E-state index contributed by atoms with van der Waals surface area (Å²) in [6.45, 7) is 5.37. The van der Waals surface area contributed by atoms with E-state index in [-0.39, 0.29) is 11.3 Å². The fourth-order valence-electron chi connectivity index (χ4n) is 4.97. The number of pyridine rings is 1. The second kappa shape index (κ2) is 6.75. The van der Waals surface area contributed by atoms with E-state index < -0.39 is 0 Å². The van der Waals surface area contributed by atoms with Crippen molar-refractivity contribution in [3.63, 3.8) is 0 Å². The maximum Gasteiger partial charge on any atom is 0.272 e. The van der Waals surface area contributed by atoms with Gasteiger partial charge in [0.25, 0.3) is 5.91 Å². The first-order valence-corrected chi connectivity index (χ1v) is 10.6. The quantitative estimate of drug-likeness (QED) is 0.795. The monoisotopic (exact) mass is 383 g/mol. The van der Waals surface area contributed by atoms with Gasteiger partial charge < -0.3 is 9.80 Å². The Morgan fingerprint density at radius 3 is 2.89 bits per heavy atom. The molecule has 3 heterocycles. The first kappa shape index (κ1) is 17.4. The van der Waals surface area contributed by atoms with Gasteiger partial charge in [-0.1, -0.05) is 29.8 Å². The summed E-state index contributed by atoms with van der Waals surface area (Å²) in [7, 11) is 0. The highest BCUT2D eigenvalue weighted by Gasteiger charge is 2.43. The number of aromatic nitrogens is 1. The van der Waals surface area contributed by atoms with Crippen molar-refractivity contribution in [1.82, 2.24) is 14.8 Å². The third-order valence-electron chi connectivity index (χ3n) is 6.57. The molecule has 1 amide bonds. The van der Waals surface area contributed by atoms with Gasteiger partial charge in [-0.05, 0) is 56.7 Å². The van der Waals surface area contributed by atoms with E-state index in [4.69, 9.17) is 11.6 Å². The van der Waals surface area contributed by atoms with Crippen LogP contribution in [0.4, 0.5) is 0 Å². The van der Waals surface area contributed by atoms with E-state index in [0.717, 1.165) is 37.4 Å².